The number of hydrogen-bond acceptors (Lipinski definition) is 3. The lowest BCUT2D eigenvalue weighted by molar-refractivity contribution is 0.598. The lowest BCUT2D eigenvalue weighted by Crippen LogP contribution is -2.03. The van der Waals surface area contributed by atoms with Gasteiger partial charge >= 0.3 is 0 Å². The van der Waals surface area contributed by atoms with E-state index >= 15 is 0 Å². The number of nitriles is 1. The van der Waals surface area contributed by atoms with Gasteiger partial charge in [0.1, 0.15) is 11.9 Å². The van der Waals surface area contributed by atoms with E-state index < -0.39 is 15.7 Å². The third-order valence-electron chi connectivity index (χ3n) is 1.88. The number of sulfone groups is 1. The second-order valence-corrected chi connectivity index (χ2v) is 4.91. The molecule has 1 aromatic carbocycles. The number of benzene rings is 1. The van der Waals surface area contributed by atoms with Gasteiger partial charge in [-0.05, 0) is 24.6 Å². The van der Waals surface area contributed by atoms with E-state index in [9.17, 15) is 12.8 Å². The Labute approximate surface area is 81.7 Å². The third-order valence-corrected chi connectivity index (χ3v) is 3.12. The molecule has 0 aromatic heterocycles. The fraction of sp³-hybridized carbons (Fsp3) is 0.222. The number of rotatable bonds is 1. The summed E-state index contributed by atoms with van der Waals surface area (Å²) in [6.07, 6.45) is 1.02. The minimum atomic E-state index is -3.40. The molecule has 0 heterocycles. The van der Waals surface area contributed by atoms with Crippen molar-refractivity contribution in [3.63, 3.8) is 0 Å². The predicted molar refractivity (Wildman–Crippen MR) is 49.0 cm³/mol. The van der Waals surface area contributed by atoms with E-state index in [1.54, 1.807) is 6.07 Å². The number of hydrogen-bond donors (Lipinski definition) is 0. The van der Waals surface area contributed by atoms with E-state index in [0.717, 1.165) is 12.3 Å². The van der Waals surface area contributed by atoms with Crippen LogP contribution in [-0.2, 0) is 9.84 Å². The third kappa shape index (κ3) is 1.75. The zero-order valence-corrected chi connectivity index (χ0v) is 8.52. The Kier molecular flexibility index (Phi) is 2.58. The SMILES string of the molecule is Cc1c(S(C)(=O)=O)ccc(F)c1C#N. The van der Waals surface area contributed by atoms with Crippen LogP contribution in [0.15, 0.2) is 17.0 Å². The van der Waals surface area contributed by atoms with Crippen LogP contribution in [-0.4, -0.2) is 14.7 Å². The van der Waals surface area contributed by atoms with Gasteiger partial charge in [0.2, 0.25) is 0 Å². The summed E-state index contributed by atoms with van der Waals surface area (Å²) in [6.45, 7) is 1.41. The van der Waals surface area contributed by atoms with Crippen molar-refractivity contribution in [2.75, 3.05) is 6.26 Å². The fourth-order valence-electron chi connectivity index (χ4n) is 1.20. The average molecular weight is 213 g/mol. The highest BCUT2D eigenvalue weighted by atomic mass is 32.2. The maximum atomic E-state index is 13.0. The Hall–Kier alpha value is -1.41. The maximum Gasteiger partial charge on any atom is 0.175 e. The van der Waals surface area contributed by atoms with Crippen LogP contribution in [0.4, 0.5) is 4.39 Å². The first-order chi connectivity index (χ1) is 6.38. The highest BCUT2D eigenvalue weighted by Gasteiger charge is 2.16. The van der Waals surface area contributed by atoms with Crippen LogP contribution >= 0.6 is 0 Å². The molecule has 0 saturated carbocycles. The van der Waals surface area contributed by atoms with E-state index in [2.05, 4.69) is 0 Å². The van der Waals surface area contributed by atoms with E-state index in [1.807, 2.05) is 0 Å². The van der Waals surface area contributed by atoms with Gasteiger partial charge in [-0.2, -0.15) is 5.26 Å². The highest BCUT2D eigenvalue weighted by molar-refractivity contribution is 7.90. The van der Waals surface area contributed by atoms with Gasteiger partial charge in [0.25, 0.3) is 0 Å². The number of nitrogens with zero attached hydrogens (tertiary/aromatic N) is 1. The molecule has 0 aliphatic rings. The first-order valence-corrected chi connectivity index (χ1v) is 5.66. The molecule has 0 spiro atoms. The second-order valence-electron chi connectivity index (χ2n) is 2.93. The molecule has 0 bridgehead atoms. The molecule has 3 nitrogen and oxygen atoms in total. The van der Waals surface area contributed by atoms with Crippen molar-refractivity contribution >= 4 is 9.84 Å². The molecule has 0 N–H and O–H groups in total. The van der Waals surface area contributed by atoms with Crippen molar-refractivity contribution in [1.82, 2.24) is 0 Å². The molecular formula is C9H8FNO2S. The molecule has 0 unspecified atom stereocenters. The molecule has 0 fully saturated rings. The van der Waals surface area contributed by atoms with Crippen LogP contribution in [0.5, 0.6) is 0 Å². The molecule has 0 saturated heterocycles. The van der Waals surface area contributed by atoms with Crippen molar-refractivity contribution in [1.29, 1.82) is 5.26 Å². The largest absolute Gasteiger partial charge is 0.224 e. The van der Waals surface area contributed by atoms with Gasteiger partial charge in [0.05, 0.1) is 10.5 Å². The predicted octanol–water partition coefficient (Wildman–Crippen LogP) is 1.41. The molecule has 0 aliphatic heterocycles. The summed E-state index contributed by atoms with van der Waals surface area (Å²) in [6, 6.07) is 3.79. The Balaban J connectivity index is 3.62. The topological polar surface area (TPSA) is 57.9 Å². The molecule has 0 radical (unpaired) electrons. The fourth-order valence-corrected chi connectivity index (χ4v) is 2.17. The quantitative estimate of drug-likeness (QED) is 0.663. The van der Waals surface area contributed by atoms with Crippen molar-refractivity contribution in [2.45, 2.75) is 11.8 Å². The lowest BCUT2D eigenvalue weighted by atomic mass is 10.1. The first kappa shape index (κ1) is 10.7. The highest BCUT2D eigenvalue weighted by Crippen LogP contribution is 2.20. The summed E-state index contributed by atoms with van der Waals surface area (Å²) in [7, 11) is -3.40. The lowest BCUT2D eigenvalue weighted by Gasteiger charge is -2.05. The van der Waals surface area contributed by atoms with Gasteiger partial charge in [0, 0.05) is 6.26 Å². The van der Waals surface area contributed by atoms with Crippen molar-refractivity contribution < 1.29 is 12.8 Å². The Bertz CT molecular complexity index is 514. The molecule has 74 valence electrons. The molecule has 1 aromatic rings. The molecule has 0 amide bonds. The summed E-state index contributed by atoms with van der Waals surface area (Å²) in [5, 5.41) is 8.60. The van der Waals surface area contributed by atoms with Gasteiger partial charge < -0.3 is 0 Å². The maximum absolute atomic E-state index is 13.0. The first-order valence-electron chi connectivity index (χ1n) is 3.77. The van der Waals surface area contributed by atoms with Gasteiger partial charge in [0.15, 0.2) is 9.84 Å². The van der Waals surface area contributed by atoms with Crippen LogP contribution in [0.3, 0.4) is 0 Å². The zero-order chi connectivity index (χ0) is 10.9. The average Bonchev–Trinajstić information content (AvgIpc) is 2.02. The monoisotopic (exact) mass is 213 g/mol. The van der Waals surface area contributed by atoms with Crippen molar-refractivity contribution in [2.24, 2.45) is 0 Å². The van der Waals surface area contributed by atoms with Crippen LogP contribution in [0.1, 0.15) is 11.1 Å². The van der Waals surface area contributed by atoms with Crippen molar-refractivity contribution in [3.8, 4) is 6.07 Å². The van der Waals surface area contributed by atoms with Crippen LogP contribution in [0.25, 0.3) is 0 Å². The van der Waals surface area contributed by atoms with Crippen LogP contribution in [0, 0.1) is 24.1 Å². The normalized spacial score (nSPS) is 11.0. The van der Waals surface area contributed by atoms with Crippen molar-refractivity contribution in [3.05, 3.63) is 29.1 Å². The van der Waals surface area contributed by atoms with Gasteiger partial charge in [-0.15, -0.1) is 0 Å². The standard InChI is InChI=1S/C9H8FNO2S/c1-6-7(5-11)8(10)3-4-9(6)14(2,12)13/h3-4H,1-2H3. The molecule has 0 atom stereocenters. The van der Waals surface area contributed by atoms with E-state index in [0.29, 0.717) is 0 Å². The van der Waals surface area contributed by atoms with Crippen LogP contribution in [0.2, 0.25) is 0 Å². The summed E-state index contributed by atoms with van der Waals surface area (Å²) >= 11 is 0. The summed E-state index contributed by atoms with van der Waals surface area (Å²) < 4.78 is 35.4. The minimum Gasteiger partial charge on any atom is -0.224 e. The molecule has 1 rings (SSSR count). The summed E-state index contributed by atoms with van der Waals surface area (Å²) in [5.74, 6) is -0.697. The summed E-state index contributed by atoms with van der Waals surface area (Å²) in [4.78, 5) is -0.00421. The van der Waals surface area contributed by atoms with Gasteiger partial charge in [-0.25, -0.2) is 12.8 Å². The molecule has 5 heteroatoms. The molecule has 0 aliphatic carbocycles. The Morgan fingerprint density at radius 3 is 2.43 bits per heavy atom. The zero-order valence-electron chi connectivity index (χ0n) is 7.70. The van der Waals surface area contributed by atoms with Crippen LogP contribution < -0.4 is 0 Å². The molecular weight excluding hydrogens is 205 g/mol. The van der Waals surface area contributed by atoms with Gasteiger partial charge in [-0.1, -0.05) is 0 Å². The smallest absolute Gasteiger partial charge is 0.175 e. The number of halogens is 1. The molecule has 14 heavy (non-hydrogen) atoms. The Morgan fingerprint density at radius 2 is 2.00 bits per heavy atom. The minimum absolute atomic E-state index is 0.00421. The Morgan fingerprint density at radius 1 is 1.43 bits per heavy atom. The van der Waals surface area contributed by atoms with E-state index in [1.165, 1.54) is 13.0 Å². The van der Waals surface area contributed by atoms with Gasteiger partial charge in [-0.3, -0.25) is 0 Å². The summed E-state index contributed by atoms with van der Waals surface area (Å²) in [5.41, 5.74) is -0.0528. The van der Waals surface area contributed by atoms with E-state index in [4.69, 9.17) is 5.26 Å². The van der Waals surface area contributed by atoms with E-state index in [-0.39, 0.29) is 16.0 Å². The second kappa shape index (κ2) is 3.39.